The summed E-state index contributed by atoms with van der Waals surface area (Å²) in [6.07, 6.45) is 2.24. The van der Waals surface area contributed by atoms with E-state index in [1.807, 2.05) is 6.07 Å². The molecule has 0 saturated heterocycles. The highest BCUT2D eigenvalue weighted by atomic mass is 32.2. The van der Waals surface area contributed by atoms with Crippen LogP contribution in [0.1, 0.15) is 21.5 Å². The summed E-state index contributed by atoms with van der Waals surface area (Å²) >= 11 is 0. The highest BCUT2D eigenvalue weighted by molar-refractivity contribution is 7.90. The molecular formula is C10H9N2O3S. The number of nitrogens with one attached hydrogen (secondary N) is 2. The van der Waals surface area contributed by atoms with Crippen LogP contribution in [0, 0.1) is 6.42 Å². The zero-order chi connectivity index (χ0) is 11.3. The number of fused-ring (bicyclic) bond motifs is 2. The molecule has 16 heavy (non-hydrogen) atoms. The van der Waals surface area contributed by atoms with E-state index in [4.69, 9.17) is 0 Å². The SMILES string of the molecule is O=C1[CH]Cc2cc3c(cc21)NS(=O)(=O)NC3. The predicted octanol–water partition coefficient (Wildman–Crippen LogP) is 0.390. The maximum Gasteiger partial charge on any atom is 0.299 e. The fourth-order valence-electron chi connectivity index (χ4n) is 2.00. The third-order valence-corrected chi connectivity index (χ3v) is 3.81. The second-order valence-electron chi connectivity index (χ2n) is 3.87. The van der Waals surface area contributed by atoms with E-state index in [9.17, 15) is 13.2 Å². The first-order valence-corrected chi connectivity index (χ1v) is 6.34. The van der Waals surface area contributed by atoms with E-state index >= 15 is 0 Å². The lowest BCUT2D eigenvalue weighted by molar-refractivity contribution is 0.103. The minimum atomic E-state index is -3.45. The Balaban J connectivity index is 2.15. The van der Waals surface area contributed by atoms with Gasteiger partial charge in [0.15, 0.2) is 5.78 Å². The van der Waals surface area contributed by atoms with Gasteiger partial charge in [0.05, 0.1) is 5.69 Å². The number of anilines is 1. The molecule has 0 amide bonds. The summed E-state index contributed by atoms with van der Waals surface area (Å²) in [4.78, 5) is 11.5. The molecule has 2 N–H and O–H groups in total. The van der Waals surface area contributed by atoms with Crippen LogP contribution in [-0.2, 0) is 23.2 Å². The maximum atomic E-state index is 11.5. The van der Waals surface area contributed by atoms with Crippen LogP contribution in [0.25, 0.3) is 0 Å². The highest BCUT2D eigenvalue weighted by Crippen LogP contribution is 2.30. The molecule has 0 fully saturated rings. The van der Waals surface area contributed by atoms with Crippen molar-refractivity contribution in [2.24, 2.45) is 0 Å². The summed E-state index contributed by atoms with van der Waals surface area (Å²) in [7, 11) is -3.45. The van der Waals surface area contributed by atoms with Crippen molar-refractivity contribution < 1.29 is 13.2 Å². The first-order valence-electron chi connectivity index (χ1n) is 4.86. The topological polar surface area (TPSA) is 75.3 Å². The minimum Gasteiger partial charge on any atom is -0.294 e. The molecule has 1 heterocycles. The van der Waals surface area contributed by atoms with Gasteiger partial charge in [-0.05, 0) is 23.6 Å². The summed E-state index contributed by atoms with van der Waals surface area (Å²) in [6.45, 7) is 0.270. The van der Waals surface area contributed by atoms with Crippen molar-refractivity contribution in [3.05, 3.63) is 35.2 Å². The summed E-state index contributed by atoms with van der Waals surface area (Å²) < 4.78 is 27.3. The van der Waals surface area contributed by atoms with Gasteiger partial charge in [-0.3, -0.25) is 9.52 Å². The van der Waals surface area contributed by atoms with Crippen LogP contribution in [0.2, 0.25) is 0 Å². The first kappa shape index (κ1) is 9.80. The molecule has 0 bridgehead atoms. The van der Waals surface area contributed by atoms with E-state index in [0.29, 0.717) is 17.7 Å². The van der Waals surface area contributed by atoms with Crippen molar-refractivity contribution in [3.8, 4) is 0 Å². The van der Waals surface area contributed by atoms with Gasteiger partial charge in [0.2, 0.25) is 0 Å². The quantitative estimate of drug-likeness (QED) is 0.685. The summed E-state index contributed by atoms with van der Waals surface area (Å²) in [5, 5.41) is 0. The summed E-state index contributed by atoms with van der Waals surface area (Å²) in [5.74, 6) is -0.0319. The lowest BCUT2D eigenvalue weighted by Gasteiger charge is -2.20. The Hall–Kier alpha value is -1.40. The van der Waals surface area contributed by atoms with Crippen LogP contribution in [0.3, 0.4) is 0 Å². The predicted molar refractivity (Wildman–Crippen MR) is 58.2 cm³/mol. The number of benzene rings is 1. The molecule has 2 aliphatic rings. The van der Waals surface area contributed by atoms with Crippen molar-refractivity contribution in [1.29, 1.82) is 0 Å². The Morgan fingerprint density at radius 2 is 2.00 bits per heavy atom. The molecule has 0 unspecified atom stereocenters. The summed E-state index contributed by atoms with van der Waals surface area (Å²) in [5.41, 5.74) is 2.94. The minimum absolute atomic E-state index is 0.0319. The van der Waals surface area contributed by atoms with Crippen molar-refractivity contribution in [2.45, 2.75) is 13.0 Å². The van der Waals surface area contributed by atoms with E-state index in [2.05, 4.69) is 9.44 Å². The van der Waals surface area contributed by atoms with E-state index in [1.54, 1.807) is 12.5 Å². The number of Topliss-reactive ketones (excluding diaryl/α,β-unsaturated/α-hetero) is 1. The highest BCUT2D eigenvalue weighted by Gasteiger charge is 2.25. The van der Waals surface area contributed by atoms with Crippen LogP contribution in [0.4, 0.5) is 5.69 Å². The molecule has 1 aromatic carbocycles. The third-order valence-electron chi connectivity index (χ3n) is 2.80. The fourth-order valence-corrected chi connectivity index (χ4v) is 2.90. The molecule has 0 aromatic heterocycles. The second kappa shape index (κ2) is 3.05. The zero-order valence-corrected chi connectivity index (χ0v) is 9.10. The van der Waals surface area contributed by atoms with Gasteiger partial charge in [0.1, 0.15) is 0 Å². The Morgan fingerprint density at radius 3 is 2.81 bits per heavy atom. The van der Waals surface area contributed by atoms with Gasteiger partial charge in [-0.1, -0.05) is 6.07 Å². The van der Waals surface area contributed by atoms with Crippen LogP contribution in [0.5, 0.6) is 0 Å². The normalized spacial score (nSPS) is 21.1. The Labute approximate surface area is 93.0 Å². The molecule has 1 aromatic rings. The van der Waals surface area contributed by atoms with Crippen LogP contribution in [0.15, 0.2) is 12.1 Å². The van der Waals surface area contributed by atoms with Crippen LogP contribution in [-0.4, -0.2) is 14.2 Å². The second-order valence-corrected chi connectivity index (χ2v) is 5.37. The maximum absolute atomic E-state index is 11.5. The zero-order valence-electron chi connectivity index (χ0n) is 8.28. The Morgan fingerprint density at radius 1 is 1.19 bits per heavy atom. The average molecular weight is 237 g/mol. The molecule has 5 nitrogen and oxygen atoms in total. The van der Waals surface area contributed by atoms with Gasteiger partial charge in [-0.25, -0.2) is 0 Å². The molecule has 1 aliphatic heterocycles. The van der Waals surface area contributed by atoms with Crippen molar-refractivity contribution in [3.63, 3.8) is 0 Å². The third kappa shape index (κ3) is 1.42. The van der Waals surface area contributed by atoms with Crippen LogP contribution >= 0.6 is 0 Å². The van der Waals surface area contributed by atoms with Crippen molar-refractivity contribution in [2.75, 3.05) is 4.72 Å². The van der Waals surface area contributed by atoms with E-state index in [0.717, 1.165) is 11.1 Å². The average Bonchev–Trinajstić information content (AvgIpc) is 2.56. The van der Waals surface area contributed by atoms with Gasteiger partial charge < -0.3 is 0 Å². The number of carbonyl (C=O) groups is 1. The van der Waals surface area contributed by atoms with Gasteiger partial charge in [0, 0.05) is 18.5 Å². The van der Waals surface area contributed by atoms with E-state index in [-0.39, 0.29) is 12.3 Å². The molecule has 83 valence electrons. The van der Waals surface area contributed by atoms with Crippen LogP contribution < -0.4 is 9.44 Å². The lowest BCUT2D eigenvalue weighted by atomic mass is 10.0. The van der Waals surface area contributed by atoms with E-state index in [1.165, 1.54) is 0 Å². The molecule has 0 atom stereocenters. The van der Waals surface area contributed by atoms with E-state index < -0.39 is 10.2 Å². The smallest absolute Gasteiger partial charge is 0.294 e. The largest absolute Gasteiger partial charge is 0.299 e. The molecule has 1 radical (unpaired) electrons. The molecule has 6 heteroatoms. The Bertz CT molecular complexity index is 592. The molecule has 0 spiro atoms. The number of hydrogen-bond acceptors (Lipinski definition) is 3. The van der Waals surface area contributed by atoms with Crippen molar-refractivity contribution in [1.82, 2.24) is 4.72 Å². The molecule has 1 aliphatic carbocycles. The van der Waals surface area contributed by atoms with Gasteiger partial charge in [0.25, 0.3) is 10.2 Å². The number of ketones is 1. The number of rotatable bonds is 0. The van der Waals surface area contributed by atoms with Gasteiger partial charge in [-0.2, -0.15) is 13.1 Å². The van der Waals surface area contributed by atoms with Gasteiger partial charge in [-0.15, -0.1) is 0 Å². The van der Waals surface area contributed by atoms with Crippen molar-refractivity contribution >= 4 is 21.7 Å². The number of hydrogen-bond donors (Lipinski definition) is 2. The molecular weight excluding hydrogens is 228 g/mol. The summed E-state index contributed by atoms with van der Waals surface area (Å²) in [6, 6.07) is 3.50. The monoisotopic (exact) mass is 237 g/mol. The number of carbonyl (C=O) groups excluding carboxylic acids is 1. The first-order chi connectivity index (χ1) is 7.55. The lowest BCUT2D eigenvalue weighted by Crippen LogP contribution is -2.34. The fraction of sp³-hybridized carbons (Fsp3) is 0.200. The Kier molecular flexibility index (Phi) is 1.87. The van der Waals surface area contributed by atoms with Gasteiger partial charge >= 0.3 is 0 Å². The molecule has 0 saturated carbocycles. The molecule has 3 rings (SSSR count). The standard InChI is InChI=1S/C10H9N2O3S/c13-10-2-1-6-3-7-5-11-16(14,15)12-9(7)4-8(6)10/h2-4,11-12H,1,5H2.